The van der Waals surface area contributed by atoms with Crippen LogP contribution in [0.1, 0.15) is 26.2 Å². The molecule has 1 N–H and O–H groups in total. The first-order chi connectivity index (χ1) is 5.08. The predicted octanol–water partition coefficient (Wildman–Crippen LogP) is 2.06. The van der Waals surface area contributed by atoms with E-state index >= 15 is 0 Å². The molecule has 0 radical (unpaired) electrons. The Morgan fingerprint density at radius 2 is 2.36 bits per heavy atom. The molecule has 0 aliphatic heterocycles. The monoisotopic (exact) mass is 154 g/mol. The lowest BCUT2D eigenvalue weighted by atomic mass is 9.85. The van der Waals surface area contributed by atoms with E-state index in [9.17, 15) is 4.79 Å². The lowest BCUT2D eigenvalue weighted by Gasteiger charge is -2.19. The van der Waals surface area contributed by atoms with E-state index in [-0.39, 0.29) is 0 Å². The Hall–Kier alpha value is -0.790. The highest BCUT2D eigenvalue weighted by molar-refractivity contribution is 5.76. The fourth-order valence-corrected chi connectivity index (χ4v) is 1.18. The molecule has 0 bridgehead atoms. The Balaban J connectivity index is 2.56. The topological polar surface area (TPSA) is 37.3 Å². The molecule has 1 atom stereocenters. The number of aliphatic carboxylic acids is 1. The second-order valence-corrected chi connectivity index (χ2v) is 3.57. The molecule has 0 aromatic carbocycles. The smallest absolute Gasteiger partial charge is 0.313 e. The Bertz CT molecular complexity index is 182. The quantitative estimate of drug-likeness (QED) is 0.629. The molecule has 1 aliphatic carbocycles. The SMILES string of the molecule is C=CC(C)(CC1CC1)C(=O)O. The Labute approximate surface area is 66.9 Å². The zero-order chi connectivity index (χ0) is 8.48. The first-order valence-electron chi connectivity index (χ1n) is 3.95. The first kappa shape index (κ1) is 8.31. The van der Waals surface area contributed by atoms with Crippen LogP contribution < -0.4 is 0 Å². The predicted molar refractivity (Wildman–Crippen MR) is 43.3 cm³/mol. The van der Waals surface area contributed by atoms with Crippen LogP contribution in [0.2, 0.25) is 0 Å². The van der Waals surface area contributed by atoms with Crippen LogP contribution in [-0.4, -0.2) is 11.1 Å². The highest BCUT2D eigenvalue weighted by atomic mass is 16.4. The van der Waals surface area contributed by atoms with Gasteiger partial charge in [-0.05, 0) is 19.3 Å². The molecular weight excluding hydrogens is 140 g/mol. The molecule has 2 nitrogen and oxygen atoms in total. The van der Waals surface area contributed by atoms with Gasteiger partial charge >= 0.3 is 5.97 Å². The second-order valence-electron chi connectivity index (χ2n) is 3.57. The van der Waals surface area contributed by atoms with Gasteiger partial charge in [-0.3, -0.25) is 4.79 Å². The molecule has 0 amide bonds. The van der Waals surface area contributed by atoms with Crippen molar-refractivity contribution in [3.63, 3.8) is 0 Å². The zero-order valence-electron chi connectivity index (χ0n) is 6.84. The van der Waals surface area contributed by atoms with Crippen molar-refractivity contribution in [2.45, 2.75) is 26.2 Å². The summed E-state index contributed by atoms with van der Waals surface area (Å²) in [5.74, 6) is -0.117. The lowest BCUT2D eigenvalue weighted by Crippen LogP contribution is -2.25. The van der Waals surface area contributed by atoms with Crippen molar-refractivity contribution < 1.29 is 9.90 Å². The van der Waals surface area contributed by atoms with Crippen LogP contribution in [-0.2, 0) is 4.79 Å². The summed E-state index contributed by atoms with van der Waals surface area (Å²) in [5.41, 5.74) is -0.693. The highest BCUT2D eigenvalue weighted by Crippen LogP contribution is 2.40. The Morgan fingerprint density at radius 1 is 1.82 bits per heavy atom. The maximum absolute atomic E-state index is 10.7. The van der Waals surface area contributed by atoms with E-state index in [1.54, 1.807) is 13.0 Å². The van der Waals surface area contributed by atoms with E-state index in [0.717, 1.165) is 6.42 Å². The van der Waals surface area contributed by atoms with Gasteiger partial charge in [-0.15, -0.1) is 6.58 Å². The van der Waals surface area contributed by atoms with Gasteiger partial charge in [-0.2, -0.15) is 0 Å². The summed E-state index contributed by atoms with van der Waals surface area (Å²) in [4.78, 5) is 10.7. The van der Waals surface area contributed by atoms with Crippen LogP contribution in [0.5, 0.6) is 0 Å². The number of carbonyl (C=O) groups is 1. The third kappa shape index (κ3) is 1.82. The number of carboxylic acids is 1. The van der Waals surface area contributed by atoms with Gasteiger partial charge in [0.15, 0.2) is 0 Å². The molecule has 2 heteroatoms. The number of rotatable bonds is 4. The molecule has 0 spiro atoms. The van der Waals surface area contributed by atoms with E-state index < -0.39 is 11.4 Å². The van der Waals surface area contributed by atoms with E-state index in [1.165, 1.54) is 12.8 Å². The largest absolute Gasteiger partial charge is 0.481 e. The minimum absolute atomic E-state index is 0.633. The lowest BCUT2D eigenvalue weighted by molar-refractivity contribution is -0.145. The summed E-state index contributed by atoms with van der Waals surface area (Å²) >= 11 is 0. The number of hydrogen-bond donors (Lipinski definition) is 1. The maximum atomic E-state index is 10.7. The van der Waals surface area contributed by atoms with Gasteiger partial charge in [0.1, 0.15) is 0 Å². The van der Waals surface area contributed by atoms with Crippen LogP contribution in [0.4, 0.5) is 0 Å². The van der Waals surface area contributed by atoms with Crippen LogP contribution in [0, 0.1) is 11.3 Å². The van der Waals surface area contributed by atoms with Gasteiger partial charge in [0, 0.05) is 0 Å². The van der Waals surface area contributed by atoms with E-state index in [1.807, 2.05) is 0 Å². The molecule has 0 heterocycles. The van der Waals surface area contributed by atoms with Gasteiger partial charge in [0.2, 0.25) is 0 Å². The van der Waals surface area contributed by atoms with Crippen molar-refractivity contribution in [2.75, 3.05) is 0 Å². The standard InChI is InChI=1S/C9H14O2/c1-3-9(2,8(10)11)6-7-4-5-7/h3,7H,1,4-6H2,2H3,(H,10,11). The fourth-order valence-electron chi connectivity index (χ4n) is 1.18. The molecular formula is C9H14O2. The minimum Gasteiger partial charge on any atom is -0.481 e. The molecule has 1 saturated carbocycles. The van der Waals surface area contributed by atoms with Gasteiger partial charge < -0.3 is 5.11 Å². The summed E-state index contributed by atoms with van der Waals surface area (Å²) in [5, 5.41) is 8.84. The molecule has 1 aliphatic rings. The molecule has 0 saturated heterocycles. The highest BCUT2D eigenvalue weighted by Gasteiger charge is 2.36. The average molecular weight is 154 g/mol. The Kier molecular flexibility index (Phi) is 2.03. The van der Waals surface area contributed by atoms with Gasteiger partial charge in [-0.1, -0.05) is 18.9 Å². The van der Waals surface area contributed by atoms with E-state index in [4.69, 9.17) is 5.11 Å². The van der Waals surface area contributed by atoms with Crippen molar-refractivity contribution >= 4 is 5.97 Å². The molecule has 11 heavy (non-hydrogen) atoms. The minimum atomic E-state index is -0.751. The summed E-state index contributed by atoms with van der Waals surface area (Å²) < 4.78 is 0. The van der Waals surface area contributed by atoms with Crippen molar-refractivity contribution in [3.8, 4) is 0 Å². The zero-order valence-corrected chi connectivity index (χ0v) is 6.84. The number of carboxylic acid groups (broad SMARTS) is 1. The van der Waals surface area contributed by atoms with Crippen molar-refractivity contribution in [1.29, 1.82) is 0 Å². The van der Waals surface area contributed by atoms with E-state index in [0.29, 0.717) is 5.92 Å². The van der Waals surface area contributed by atoms with Crippen molar-refractivity contribution in [2.24, 2.45) is 11.3 Å². The Morgan fingerprint density at radius 3 is 2.64 bits per heavy atom. The second kappa shape index (κ2) is 2.68. The summed E-state index contributed by atoms with van der Waals surface area (Å²) in [6.45, 7) is 5.29. The van der Waals surface area contributed by atoms with Crippen LogP contribution in [0.15, 0.2) is 12.7 Å². The molecule has 1 fully saturated rings. The average Bonchev–Trinajstić information content (AvgIpc) is 2.71. The van der Waals surface area contributed by atoms with Crippen molar-refractivity contribution in [3.05, 3.63) is 12.7 Å². The van der Waals surface area contributed by atoms with Crippen LogP contribution in [0.3, 0.4) is 0 Å². The maximum Gasteiger partial charge on any atom is 0.313 e. The molecule has 1 rings (SSSR count). The third-order valence-electron chi connectivity index (χ3n) is 2.35. The fraction of sp³-hybridized carbons (Fsp3) is 0.667. The summed E-state index contributed by atoms with van der Waals surface area (Å²) in [6.07, 6.45) is 4.69. The van der Waals surface area contributed by atoms with Crippen LogP contribution in [0.25, 0.3) is 0 Å². The van der Waals surface area contributed by atoms with Crippen molar-refractivity contribution in [1.82, 2.24) is 0 Å². The normalized spacial score (nSPS) is 22.3. The van der Waals surface area contributed by atoms with Crippen LogP contribution >= 0.6 is 0 Å². The summed E-state index contributed by atoms with van der Waals surface area (Å²) in [6, 6.07) is 0. The third-order valence-corrected chi connectivity index (χ3v) is 2.35. The molecule has 0 aromatic heterocycles. The van der Waals surface area contributed by atoms with E-state index in [2.05, 4.69) is 6.58 Å². The molecule has 1 unspecified atom stereocenters. The van der Waals surface area contributed by atoms with Gasteiger partial charge in [0.05, 0.1) is 5.41 Å². The molecule has 0 aromatic rings. The molecule has 62 valence electrons. The van der Waals surface area contributed by atoms with Gasteiger partial charge in [-0.25, -0.2) is 0 Å². The number of hydrogen-bond acceptors (Lipinski definition) is 1. The first-order valence-corrected chi connectivity index (χ1v) is 3.95. The summed E-state index contributed by atoms with van der Waals surface area (Å²) in [7, 11) is 0. The van der Waals surface area contributed by atoms with Gasteiger partial charge in [0.25, 0.3) is 0 Å².